The third-order valence-corrected chi connectivity index (χ3v) is 2.50. The van der Waals surface area contributed by atoms with Crippen LogP contribution in [0.25, 0.3) is 0 Å². The summed E-state index contributed by atoms with van der Waals surface area (Å²) in [4.78, 5) is 12.6. The SMILES string of the molecule is CCC1CC(C(=O)O)N(C)C1. The Labute approximate surface area is 67.0 Å². The Hall–Kier alpha value is -0.570. The van der Waals surface area contributed by atoms with Crippen molar-refractivity contribution in [2.45, 2.75) is 25.8 Å². The van der Waals surface area contributed by atoms with E-state index in [1.165, 1.54) is 0 Å². The van der Waals surface area contributed by atoms with Gasteiger partial charge in [-0.3, -0.25) is 9.69 Å². The predicted octanol–water partition coefficient (Wildman–Crippen LogP) is 0.801. The van der Waals surface area contributed by atoms with Crippen LogP contribution in [-0.4, -0.2) is 35.6 Å². The average Bonchev–Trinajstić information content (AvgIpc) is 2.30. The van der Waals surface area contributed by atoms with Gasteiger partial charge in [0.25, 0.3) is 0 Å². The fourth-order valence-electron chi connectivity index (χ4n) is 1.69. The first kappa shape index (κ1) is 8.53. The van der Waals surface area contributed by atoms with Crippen LogP contribution in [0.15, 0.2) is 0 Å². The van der Waals surface area contributed by atoms with Gasteiger partial charge in [-0.15, -0.1) is 0 Å². The predicted molar refractivity (Wildman–Crippen MR) is 42.5 cm³/mol. The Balaban J connectivity index is 2.51. The molecule has 3 heteroatoms. The van der Waals surface area contributed by atoms with Crippen LogP contribution in [0.2, 0.25) is 0 Å². The first-order valence-electron chi connectivity index (χ1n) is 4.08. The molecule has 1 aliphatic rings. The first-order chi connectivity index (χ1) is 5.15. The van der Waals surface area contributed by atoms with Crippen molar-refractivity contribution < 1.29 is 9.90 Å². The number of hydrogen-bond acceptors (Lipinski definition) is 2. The van der Waals surface area contributed by atoms with Crippen molar-refractivity contribution in [2.75, 3.05) is 13.6 Å². The summed E-state index contributed by atoms with van der Waals surface area (Å²) in [5.74, 6) is -0.0930. The van der Waals surface area contributed by atoms with Crippen molar-refractivity contribution in [3.8, 4) is 0 Å². The molecule has 0 amide bonds. The Morgan fingerprint density at radius 1 is 1.73 bits per heavy atom. The van der Waals surface area contributed by atoms with E-state index in [2.05, 4.69) is 6.92 Å². The molecule has 0 aliphatic carbocycles. The third kappa shape index (κ3) is 1.71. The largest absolute Gasteiger partial charge is 0.480 e. The highest BCUT2D eigenvalue weighted by Gasteiger charge is 2.32. The molecule has 0 aromatic heterocycles. The van der Waals surface area contributed by atoms with Gasteiger partial charge >= 0.3 is 5.97 Å². The molecule has 2 unspecified atom stereocenters. The van der Waals surface area contributed by atoms with E-state index in [1.807, 2.05) is 11.9 Å². The maximum absolute atomic E-state index is 10.6. The van der Waals surface area contributed by atoms with Gasteiger partial charge in [0.2, 0.25) is 0 Å². The normalized spacial score (nSPS) is 32.5. The molecule has 1 fully saturated rings. The summed E-state index contributed by atoms with van der Waals surface area (Å²) < 4.78 is 0. The lowest BCUT2D eigenvalue weighted by atomic mass is 10.0. The minimum absolute atomic E-state index is 0.236. The number of carboxylic acid groups (broad SMARTS) is 1. The second-order valence-electron chi connectivity index (χ2n) is 3.30. The van der Waals surface area contributed by atoms with Gasteiger partial charge in [-0.2, -0.15) is 0 Å². The topological polar surface area (TPSA) is 40.5 Å². The number of likely N-dealkylation sites (N-methyl/N-ethyl adjacent to an activating group) is 1. The third-order valence-electron chi connectivity index (χ3n) is 2.50. The van der Waals surface area contributed by atoms with Gasteiger partial charge in [0.15, 0.2) is 0 Å². The number of hydrogen-bond donors (Lipinski definition) is 1. The summed E-state index contributed by atoms with van der Waals surface area (Å²) in [6.45, 7) is 3.05. The molecule has 1 rings (SSSR count). The van der Waals surface area contributed by atoms with Crippen molar-refractivity contribution >= 4 is 5.97 Å². The van der Waals surface area contributed by atoms with Crippen LogP contribution in [0, 0.1) is 5.92 Å². The maximum atomic E-state index is 10.6. The van der Waals surface area contributed by atoms with Crippen LogP contribution in [0.5, 0.6) is 0 Å². The van der Waals surface area contributed by atoms with E-state index < -0.39 is 5.97 Å². The zero-order chi connectivity index (χ0) is 8.43. The summed E-state index contributed by atoms with van der Waals surface area (Å²) in [6, 6.07) is -0.236. The van der Waals surface area contributed by atoms with E-state index in [1.54, 1.807) is 0 Å². The number of likely N-dealkylation sites (tertiary alicyclic amines) is 1. The summed E-state index contributed by atoms with van der Waals surface area (Å²) >= 11 is 0. The highest BCUT2D eigenvalue weighted by atomic mass is 16.4. The number of nitrogens with zero attached hydrogens (tertiary/aromatic N) is 1. The monoisotopic (exact) mass is 157 g/mol. The zero-order valence-corrected chi connectivity index (χ0v) is 7.08. The number of carbonyl (C=O) groups is 1. The molecule has 1 N–H and O–H groups in total. The van der Waals surface area contributed by atoms with Gasteiger partial charge in [-0.05, 0) is 19.4 Å². The summed E-state index contributed by atoms with van der Waals surface area (Å²) in [7, 11) is 1.88. The van der Waals surface area contributed by atoms with Gasteiger partial charge in [-0.1, -0.05) is 13.3 Å². The van der Waals surface area contributed by atoms with Crippen LogP contribution in [-0.2, 0) is 4.79 Å². The van der Waals surface area contributed by atoms with Gasteiger partial charge < -0.3 is 5.11 Å². The van der Waals surface area contributed by atoms with Crippen molar-refractivity contribution in [2.24, 2.45) is 5.92 Å². The van der Waals surface area contributed by atoms with E-state index in [4.69, 9.17) is 5.11 Å². The van der Waals surface area contributed by atoms with Crippen LogP contribution >= 0.6 is 0 Å². The molecule has 64 valence electrons. The smallest absolute Gasteiger partial charge is 0.320 e. The molecule has 0 bridgehead atoms. The molecule has 0 aromatic carbocycles. The Bertz CT molecular complexity index is 158. The number of aliphatic carboxylic acids is 1. The van der Waals surface area contributed by atoms with Gasteiger partial charge in [0, 0.05) is 6.54 Å². The molecule has 1 aliphatic heterocycles. The molecule has 0 radical (unpaired) electrons. The summed E-state index contributed by atoms with van der Waals surface area (Å²) in [5, 5.41) is 8.76. The molecule has 11 heavy (non-hydrogen) atoms. The molecule has 0 aromatic rings. The Kier molecular flexibility index (Phi) is 2.49. The van der Waals surface area contributed by atoms with Gasteiger partial charge in [0.05, 0.1) is 0 Å². The van der Waals surface area contributed by atoms with Gasteiger partial charge in [-0.25, -0.2) is 0 Å². The van der Waals surface area contributed by atoms with E-state index in [9.17, 15) is 4.79 Å². The Morgan fingerprint density at radius 3 is 2.64 bits per heavy atom. The number of rotatable bonds is 2. The maximum Gasteiger partial charge on any atom is 0.320 e. The van der Waals surface area contributed by atoms with E-state index >= 15 is 0 Å². The molecule has 1 heterocycles. The summed E-state index contributed by atoms with van der Waals surface area (Å²) in [5.41, 5.74) is 0. The van der Waals surface area contributed by atoms with Crippen LogP contribution in [0.4, 0.5) is 0 Å². The minimum atomic E-state index is -0.677. The second kappa shape index (κ2) is 3.22. The van der Waals surface area contributed by atoms with Crippen molar-refractivity contribution in [1.82, 2.24) is 4.90 Å². The standard InChI is InChI=1S/C8H15NO2/c1-3-6-4-7(8(10)11)9(2)5-6/h6-7H,3-5H2,1-2H3,(H,10,11). The zero-order valence-electron chi connectivity index (χ0n) is 7.08. The van der Waals surface area contributed by atoms with E-state index in [0.717, 1.165) is 19.4 Å². The fourth-order valence-corrected chi connectivity index (χ4v) is 1.69. The quantitative estimate of drug-likeness (QED) is 0.644. The lowest BCUT2D eigenvalue weighted by Crippen LogP contribution is -2.32. The molecular weight excluding hydrogens is 142 g/mol. The lowest BCUT2D eigenvalue weighted by molar-refractivity contribution is -0.141. The molecule has 3 nitrogen and oxygen atoms in total. The fraction of sp³-hybridized carbons (Fsp3) is 0.875. The highest BCUT2D eigenvalue weighted by molar-refractivity contribution is 5.73. The van der Waals surface area contributed by atoms with Gasteiger partial charge in [0.1, 0.15) is 6.04 Å². The minimum Gasteiger partial charge on any atom is -0.480 e. The second-order valence-corrected chi connectivity index (χ2v) is 3.30. The lowest BCUT2D eigenvalue weighted by Gasteiger charge is -2.13. The summed E-state index contributed by atoms with van der Waals surface area (Å²) in [6.07, 6.45) is 1.91. The average molecular weight is 157 g/mol. The molecule has 0 spiro atoms. The van der Waals surface area contributed by atoms with Crippen molar-refractivity contribution in [3.05, 3.63) is 0 Å². The van der Waals surface area contributed by atoms with Crippen LogP contribution in [0.1, 0.15) is 19.8 Å². The van der Waals surface area contributed by atoms with E-state index in [-0.39, 0.29) is 6.04 Å². The van der Waals surface area contributed by atoms with Crippen LogP contribution < -0.4 is 0 Å². The molecule has 1 saturated heterocycles. The van der Waals surface area contributed by atoms with Crippen molar-refractivity contribution in [3.63, 3.8) is 0 Å². The van der Waals surface area contributed by atoms with Crippen molar-refractivity contribution in [1.29, 1.82) is 0 Å². The highest BCUT2D eigenvalue weighted by Crippen LogP contribution is 2.23. The molecule has 2 atom stereocenters. The number of carboxylic acids is 1. The molecular formula is C8H15NO2. The van der Waals surface area contributed by atoms with E-state index in [0.29, 0.717) is 5.92 Å². The molecule has 0 saturated carbocycles. The Morgan fingerprint density at radius 2 is 2.36 bits per heavy atom. The van der Waals surface area contributed by atoms with Crippen LogP contribution in [0.3, 0.4) is 0 Å². The first-order valence-corrected chi connectivity index (χ1v) is 4.08.